The number of carbonyl (C=O) groups is 1. The second-order valence-electron chi connectivity index (χ2n) is 11.5. The number of hydrogen-bond donors (Lipinski definition) is 2. The molecule has 1 aliphatic rings. The van der Waals surface area contributed by atoms with E-state index in [0.717, 1.165) is 60.4 Å². The third-order valence-electron chi connectivity index (χ3n) is 7.99. The number of carboxylic acids is 1. The lowest BCUT2D eigenvalue weighted by Crippen LogP contribution is -2.46. The molecule has 7 nitrogen and oxygen atoms in total. The van der Waals surface area contributed by atoms with Crippen LogP contribution in [0.2, 0.25) is 5.02 Å². The molecule has 4 aromatic carbocycles. The Hall–Kier alpha value is -4.74. The molecule has 45 heavy (non-hydrogen) atoms. The summed E-state index contributed by atoms with van der Waals surface area (Å²) in [5, 5.41) is 11.5. The van der Waals surface area contributed by atoms with Crippen LogP contribution in [0.15, 0.2) is 91.1 Å². The highest BCUT2D eigenvalue weighted by Gasteiger charge is 2.22. The van der Waals surface area contributed by atoms with Crippen molar-refractivity contribution in [3.8, 4) is 34.5 Å². The van der Waals surface area contributed by atoms with Gasteiger partial charge in [-0.15, -0.1) is 0 Å². The van der Waals surface area contributed by atoms with Gasteiger partial charge in [-0.2, -0.15) is 0 Å². The summed E-state index contributed by atoms with van der Waals surface area (Å²) >= 11 is 6.19. The zero-order valence-electron chi connectivity index (χ0n) is 25.4. The Morgan fingerprint density at radius 2 is 1.76 bits per heavy atom. The van der Waals surface area contributed by atoms with Crippen molar-refractivity contribution < 1.29 is 14.6 Å². The summed E-state index contributed by atoms with van der Waals surface area (Å²) in [6.07, 6.45) is 1.85. The first-order chi connectivity index (χ1) is 21.8. The molecule has 0 saturated carbocycles. The summed E-state index contributed by atoms with van der Waals surface area (Å²) in [5.41, 5.74) is 6.54. The number of fused-ring (bicyclic) bond motifs is 1. The van der Waals surface area contributed by atoms with E-state index in [2.05, 4.69) is 61.9 Å². The standard InChI is InChI=1S/C37H35ClN4O3/c1-40(2)18-4-5-26-8-14-31(27-9-11-29(38)12-10-27)28(23-26)25-41-19-21-42(22-20-41)30-13-15-33(37(43)44)36(24-30)45-35-7-3-6-34-32(35)16-17-39-34/h3,6-17,23-24,39H,18-22,25H2,1-2H3,(H,43,44). The summed E-state index contributed by atoms with van der Waals surface area (Å²) in [6.45, 7) is 4.82. The fraction of sp³-hybridized carbons (Fsp3) is 0.216. The van der Waals surface area contributed by atoms with Crippen molar-refractivity contribution in [1.82, 2.24) is 14.8 Å². The van der Waals surface area contributed by atoms with Gasteiger partial charge in [0.1, 0.15) is 17.1 Å². The molecule has 1 saturated heterocycles. The van der Waals surface area contributed by atoms with E-state index in [-0.39, 0.29) is 5.56 Å². The van der Waals surface area contributed by atoms with Gasteiger partial charge in [0.25, 0.3) is 0 Å². The molecule has 228 valence electrons. The van der Waals surface area contributed by atoms with Crippen LogP contribution in [0.25, 0.3) is 22.0 Å². The average Bonchev–Trinajstić information content (AvgIpc) is 3.52. The molecule has 1 aromatic heterocycles. The minimum absolute atomic E-state index is 0.133. The number of H-pyrrole nitrogens is 1. The summed E-state index contributed by atoms with van der Waals surface area (Å²) in [7, 11) is 4.03. The highest BCUT2D eigenvalue weighted by molar-refractivity contribution is 6.30. The van der Waals surface area contributed by atoms with Crippen LogP contribution in [0.5, 0.6) is 11.5 Å². The Kier molecular flexibility index (Phi) is 9.08. The molecule has 0 bridgehead atoms. The molecule has 0 spiro atoms. The Labute approximate surface area is 268 Å². The predicted octanol–water partition coefficient (Wildman–Crippen LogP) is 7.21. The number of hydrogen-bond acceptors (Lipinski definition) is 5. The lowest BCUT2D eigenvalue weighted by molar-refractivity contribution is 0.0694. The highest BCUT2D eigenvalue weighted by Crippen LogP contribution is 2.35. The molecule has 6 rings (SSSR count). The Morgan fingerprint density at radius 1 is 0.956 bits per heavy atom. The molecular formula is C37H35ClN4O3. The number of carboxylic acid groups (broad SMARTS) is 1. The number of aromatic carboxylic acids is 1. The summed E-state index contributed by atoms with van der Waals surface area (Å²) < 4.78 is 6.23. The van der Waals surface area contributed by atoms with Crippen molar-refractivity contribution in [2.75, 3.05) is 51.7 Å². The quantitative estimate of drug-likeness (QED) is 0.179. The molecule has 5 aromatic rings. The van der Waals surface area contributed by atoms with E-state index in [1.54, 1.807) is 6.07 Å². The minimum atomic E-state index is -1.02. The zero-order chi connectivity index (χ0) is 31.3. The number of nitrogens with one attached hydrogen (secondary N) is 1. The number of nitrogens with zero attached hydrogens (tertiary/aromatic N) is 3. The van der Waals surface area contributed by atoms with E-state index in [4.69, 9.17) is 16.3 Å². The van der Waals surface area contributed by atoms with Gasteiger partial charge in [0, 0.05) is 72.2 Å². The average molecular weight is 619 g/mol. The second kappa shape index (κ2) is 13.5. The number of aromatic nitrogens is 1. The molecule has 1 fully saturated rings. The van der Waals surface area contributed by atoms with Gasteiger partial charge >= 0.3 is 5.97 Å². The first kappa shape index (κ1) is 30.3. The largest absolute Gasteiger partial charge is 0.478 e. The van der Waals surface area contributed by atoms with Crippen LogP contribution in [0, 0.1) is 11.8 Å². The zero-order valence-corrected chi connectivity index (χ0v) is 26.1. The maximum absolute atomic E-state index is 12.1. The van der Waals surface area contributed by atoms with Crippen LogP contribution in [-0.4, -0.2) is 72.7 Å². The SMILES string of the molecule is CN(C)CC#Cc1ccc(-c2ccc(Cl)cc2)c(CN2CCN(c3ccc(C(=O)O)c(Oc4cccc5[nH]ccc45)c3)CC2)c1. The van der Waals surface area contributed by atoms with Gasteiger partial charge < -0.3 is 19.7 Å². The molecule has 2 N–H and O–H groups in total. The fourth-order valence-electron chi connectivity index (χ4n) is 5.65. The van der Waals surface area contributed by atoms with E-state index < -0.39 is 5.97 Å². The van der Waals surface area contributed by atoms with Crippen LogP contribution >= 0.6 is 11.6 Å². The van der Waals surface area contributed by atoms with Crippen LogP contribution in [0.1, 0.15) is 21.5 Å². The van der Waals surface area contributed by atoms with Crippen LogP contribution < -0.4 is 9.64 Å². The Balaban J connectivity index is 1.20. The molecule has 0 aliphatic carbocycles. The minimum Gasteiger partial charge on any atom is -0.478 e. The van der Waals surface area contributed by atoms with Gasteiger partial charge in [-0.3, -0.25) is 9.80 Å². The van der Waals surface area contributed by atoms with E-state index in [9.17, 15) is 9.90 Å². The molecule has 2 heterocycles. The lowest BCUT2D eigenvalue weighted by atomic mass is 9.97. The van der Waals surface area contributed by atoms with Crippen molar-refractivity contribution in [2.45, 2.75) is 6.54 Å². The molecule has 0 unspecified atom stereocenters. The molecule has 0 atom stereocenters. The molecule has 8 heteroatoms. The van der Waals surface area contributed by atoms with Gasteiger partial charge in [0.2, 0.25) is 0 Å². The number of piperazine rings is 1. The van der Waals surface area contributed by atoms with E-state index >= 15 is 0 Å². The number of ether oxygens (including phenoxy) is 1. The van der Waals surface area contributed by atoms with Crippen molar-refractivity contribution >= 4 is 34.2 Å². The van der Waals surface area contributed by atoms with Crippen molar-refractivity contribution in [1.29, 1.82) is 0 Å². The van der Waals surface area contributed by atoms with Crippen LogP contribution in [0.3, 0.4) is 0 Å². The van der Waals surface area contributed by atoms with E-state index in [0.29, 0.717) is 23.1 Å². The van der Waals surface area contributed by atoms with Gasteiger partial charge in [-0.1, -0.05) is 47.7 Å². The molecular weight excluding hydrogens is 584 g/mol. The highest BCUT2D eigenvalue weighted by atomic mass is 35.5. The topological polar surface area (TPSA) is 72.0 Å². The first-order valence-corrected chi connectivity index (χ1v) is 15.3. The van der Waals surface area contributed by atoms with Gasteiger partial charge in [0.05, 0.1) is 6.54 Å². The maximum atomic E-state index is 12.1. The molecule has 0 radical (unpaired) electrons. The summed E-state index contributed by atoms with van der Waals surface area (Å²) in [5.74, 6) is 6.49. The van der Waals surface area contributed by atoms with Gasteiger partial charge in [-0.25, -0.2) is 4.79 Å². The lowest BCUT2D eigenvalue weighted by Gasteiger charge is -2.36. The number of rotatable bonds is 8. The smallest absolute Gasteiger partial charge is 0.339 e. The van der Waals surface area contributed by atoms with Crippen molar-refractivity contribution in [3.05, 3.63) is 113 Å². The Bertz CT molecular complexity index is 1880. The number of aromatic amines is 1. The number of benzene rings is 4. The van der Waals surface area contributed by atoms with Crippen LogP contribution in [0.4, 0.5) is 5.69 Å². The Morgan fingerprint density at radius 3 is 2.51 bits per heavy atom. The monoisotopic (exact) mass is 618 g/mol. The second-order valence-corrected chi connectivity index (χ2v) is 11.9. The van der Waals surface area contributed by atoms with E-state index in [1.165, 1.54) is 11.1 Å². The molecule has 1 aliphatic heterocycles. The van der Waals surface area contributed by atoms with E-state index in [1.807, 2.05) is 68.8 Å². The van der Waals surface area contributed by atoms with Gasteiger partial charge in [-0.05, 0) is 85.4 Å². The third-order valence-corrected chi connectivity index (χ3v) is 8.24. The van der Waals surface area contributed by atoms with Crippen molar-refractivity contribution in [2.24, 2.45) is 0 Å². The molecule has 0 amide bonds. The maximum Gasteiger partial charge on any atom is 0.339 e. The fourth-order valence-corrected chi connectivity index (χ4v) is 5.78. The summed E-state index contributed by atoms with van der Waals surface area (Å²) in [4.78, 5) is 22.0. The van der Waals surface area contributed by atoms with Crippen LogP contribution in [-0.2, 0) is 6.54 Å². The van der Waals surface area contributed by atoms with Gasteiger partial charge in [0.15, 0.2) is 0 Å². The predicted molar refractivity (Wildman–Crippen MR) is 182 cm³/mol. The number of anilines is 1. The normalized spacial score (nSPS) is 13.6. The van der Waals surface area contributed by atoms with Crippen molar-refractivity contribution in [3.63, 3.8) is 0 Å². The summed E-state index contributed by atoms with van der Waals surface area (Å²) in [6, 6.07) is 27.4. The number of halogens is 1. The first-order valence-electron chi connectivity index (χ1n) is 14.9. The third kappa shape index (κ3) is 7.16.